The van der Waals surface area contributed by atoms with Crippen molar-refractivity contribution in [2.24, 2.45) is 0 Å². The van der Waals surface area contributed by atoms with Gasteiger partial charge in [0.05, 0.1) is 6.54 Å². The first-order valence-electron chi connectivity index (χ1n) is 9.91. The SMILES string of the molecule is CC/C=C/C[N+](Cc1ccccc1)(Cc1ccccc1)Cc1ccccc1. The Morgan fingerprint density at radius 3 is 1.26 bits per heavy atom. The van der Waals surface area contributed by atoms with Crippen molar-refractivity contribution in [3.05, 3.63) is 120 Å². The molecule has 3 aromatic carbocycles. The van der Waals surface area contributed by atoms with Crippen LogP contribution in [-0.4, -0.2) is 11.0 Å². The number of nitrogens with zero attached hydrogens (tertiary/aromatic N) is 1. The molecule has 0 spiro atoms. The predicted octanol–water partition coefficient (Wildman–Crippen LogP) is 6.37. The molecule has 27 heavy (non-hydrogen) atoms. The minimum absolute atomic E-state index is 0.995. The first kappa shape index (κ1) is 19.1. The predicted molar refractivity (Wildman–Crippen MR) is 115 cm³/mol. The maximum Gasteiger partial charge on any atom is 0.105 e. The molecule has 0 heterocycles. The maximum atomic E-state index is 2.37. The highest BCUT2D eigenvalue weighted by Gasteiger charge is 2.27. The zero-order chi connectivity index (χ0) is 18.8. The lowest BCUT2D eigenvalue weighted by Gasteiger charge is -2.38. The molecule has 0 aromatic heterocycles. The molecule has 3 aromatic rings. The lowest BCUT2D eigenvalue weighted by molar-refractivity contribution is -0.961. The fourth-order valence-electron chi connectivity index (χ4n) is 3.74. The topological polar surface area (TPSA) is 0 Å². The normalized spacial score (nSPS) is 11.7. The third-order valence-corrected chi connectivity index (χ3v) is 4.98. The first-order chi connectivity index (χ1) is 13.3. The van der Waals surface area contributed by atoms with Crippen LogP contribution >= 0.6 is 0 Å². The minimum atomic E-state index is 0.995. The molecule has 0 saturated carbocycles. The summed E-state index contributed by atoms with van der Waals surface area (Å²) in [6, 6.07) is 32.7. The molecule has 138 valence electrons. The van der Waals surface area contributed by atoms with Crippen molar-refractivity contribution in [2.45, 2.75) is 33.0 Å². The van der Waals surface area contributed by atoms with Gasteiger partial charge in [-0.15, -0.1) is 0 Å². The third kappa shape index (κ3) is 5.94. The Hall–Kier alpha value is -2.64. The maximum absolute atomic E-state index is 2.37. The molecule has 0 radical (unpaired) electrons. The monoisotopic (exact) mass is 356 g/mol. The molecule has 1 nitrogen and oxygen atoms in total. The lowest BCUT2D eigenvalue weighted by Crippen LogP contribution is -2.46. The Morgan fingerprint density at radius 2 is 0.926 bits per heavy atom. The van der Waals surface area contributed by atoms with Crippen molar-refractivity contribution in [1.29, 1.82) is 0 Å². The zero-order valence-electron chi connectivity index (χ0n) is 16.3. The van der Waals surface area contributed by atoms with E-state index in [4.69, 9.17) is 0 Å². The van der Waals surface area contributed by atoms with Gasteiger partial charge in [-0.3, -0.25) is 0 Å². The average molecular weight is 357 g/mol. The van der Waals surface area contributed by atoms with Gasteiger partial charge in [0.15, 0.2) is 0 Å². The summed E-state index contributed by atoms with van der Waals surface area (Å²) in [6.45, 7) is 6.32. The summed E-state index contributed by atoms with van der Waals surface area (Å²) in [4.78, 5) is 0. The van der Waals surface area contributed by atoms with E-state index in [0.717, 1.165) is 37.1 Å². The van der Waals surface area contributed by atoms with E-state index in [1.807, 2.05) is 0 Å². The first-order valence-corrected chi connectivity index (χ1v) is 9.91. The molecule has 0 atom stereocenters. The van der Waals surface area contributed by atoms with E-state index in [9.17, 15) is 0 Å². The second-order valence-electron chi connectivity index (χ2n) is 7.34. The van der Waals surface area contributed by atoms with Gasteiger partial charge < -0.3 is 4.48 Å². The molecule has 0 aliphatic heterocycles. The number of hydrogen-bond acceptors (Lipinski definition) is 0. The van der Waals surface area contributed by atoms with Crippen LogP contribution in [0.15, 0.2) is 103 Å². The molecule has 0 N–H and O–H groups in total. The standard InChI is InChI=1S/C26H30N/c1-2-3-13-20-27(21-24-14-7-4-8-15-24,22-25-16-9-5-10-17-25)23-26-18-11-6-12-19-26/h3-19H,2,20-23H2,1H3/q+1/b13-3+. The lowest BCUT2D eigenvalue weighted by atomic mass is 10.1. The van der Waals surface area contributed by atoms with Crippen molar-refractivity contribution in [3.8, 4) is 0 Å². The summed E-state index contributed by atoms with van der Waals surface area (Å²) in [7, 11) is 0. The van der Waals surface area contributed by atoms with Crippen LogP contribution in [0.25, 0.3) is 0 Å². The van der Waals surface area contributed by atoms with E-state index in [0.29, 0.717) is 0 Å². The number of allylic oxidation sites excluding steroid dienone is 1. The molecule has 0 aliphatic carbocycles. The van der Waals surface area contributed by atoms with Crippen LogP contribution in [0.4, 0.5) is 0 Å². The van der Waals surface area contributed by atoms with E-state index in [1.165, 1.54) is 16.7 Å². The minimum Gasteiger partial charge on any atom is -0.309 e. The van der Waals surface area contributed by atoms with Crippen LogP contribution in [0, 0.1) is 0 Å². The molecular formula is C26H30N+. The number of benzene rings is 3. The molecule has 0 amide bonds. The van der Waals surface area contributed by atoms with Gasteiger partial charge in [0.2, 0.25) is 0 Å². The van der Waals surface area contributed by atoms with Crippen LogP contribution in [0.5, 0.6) is 0 Å². The summed E-state index contributed by atoms with van der Waals surface area (Å²) in [5, 5.41) is 0. The number of rotatable bonds is 9. The van der Waals surface area contributed by atoms with Crippen molar-refractivity contribution >= 4 is 0 Å². The van der Waals surface area contributed by atoms with Gasteiger partial charge in [0.25, 0.3) is 0 Å². The Kier molecular flexibility index (Phi) is 7.01. The molecule has 1 heteroatoms. The third-order valence-electron chi connectivity index (χ3n) is 4.98. The molecule has 0 saturated heterocycles. The summed E-state index contributed by atoms with van der Waals surface area (Å²) in [6.07, 6.45) is 5.75. The molecule has 0 aliphatic rings. The highest BCUT2D eigenvalue weighted by Crippen LogP contribution is 2.24. The Labute approximate surface area is 164 Å². The van der Waals surface area contributed by atoms with Gasteiger partial charge in [0.1, 0.15) is 19.6 Å². The van der Waals surface area contributed by atoms with E-state index >= 15 is 0 Å². The van der Waals surface area contributed by atoms with Crippen LogP contribution in [0.1, 0.15) is 30.0 Å². The van der Waals surface area contributed by atoms with Crippen LogP contribution in [-0.2, 0) is 19.6 Å². The highest BCUT2D eigenvalue weighted by atomic mass is 15.3. The Morgan fingerprint density at radius 1 is 0.556 bits per heavy atom. The van der Waals surface area contributed by atoms with Crippen LogP contribution < -0.4 is 0 Å². The number of hydrogen-bond donors (Lipinski definition) is 0. The van der Waals surface area contributed by atoms with E-state index < -0.39 is 0 Å². The van der Waals surface area contributed by atoms with Gasteiger partial charge in [-0.05, 0) is 12.5 Å². The van der Waals surface area contributed by atoms with Crippen molar-refractivity contribution in [2.75, 3.05) is 6.54 Å². The van der Waals surface area contributed by atoms with Gasteiger partial charge in [-0.2, -0.15) is 0 Å². The molecular weight excluding hydrogens is 326 g/mol. The summed E-state index contributed by atoms with van der Waals surface area (Å²) >= 11 is 0. The van der Waals surface area contributed by atoms with E-state index in [2.05, 4.69) is 110 Å². The Balaban J connectivity index is 1.96. The van der Waals surface area contributed by atoms with Gasteiger partial charge >= 0.3 is 0 Å². The Bertz CT molecular complexity index is 705. The largest absolute Gasteiger partial charge is 0.309 e. The fraction of sp³-hybridized carbons (Fsp3) is 0.231. The molecule has 3 rings (SSSR count). The van der Waals surface area contributed by atoms with Crippen molar-refractivity contribution < 1.29 is 4.48 Å². The smallest absolute Gasteiger partial charge is 0.105 e. The fourth-order valence-corrected chi connectivity index (χ4v) is 3.74. The quantitative estimate of drug-likeness (QED) is 0.309. The van der Waals surface area contributed by atoms with Gasteiger partial charge in [-0.1, -0.05) is 104 Å². The highest BCUT2D eigenvalue weighted by molar-refractivity contribution is 5.17. The second kappa shape index (κ2) is 9.89. The van der Waals surface area contributed by atoms with Crippen molar-refractivity contribution in [1.82, 2.24) is 0 Å². The van der Waals surface area contributed by atoms with Crippen LogP contribution in [0.2, 0.25) is 0 Å². The average Bonchev–Trinajstić information content (AvgIpc) is 2.70. The van der Waals surface area contributed by atoms with Gasteiger partial charge in [0, 0.05) is 16.7 Å². The summed E-state index contributed by atoms with van der Waals surface area (Å²) < 4.78 is 0.995. The molecule has 0 fully saturated rings. The molecule has 0 bridgehead atoms. The summed E-state index contributed by atoms with van der Waals surface area (Å²) in [5.41, 5.74) is 4.19. The molecule has 0 unspecified atom stereocenters. The van der Waals surface area contributed by atoms with Crippen molar-refractivity contribution in [3.63, 3.8) is 0 Å². The van der Waals surface area contributed by atoms with E-state index in [1.54, 1.807) is 0 Å². The van der Waals surface area contributed by atoms with Crippen LogP contribution in [0.3, 0.4) is 0 Å². The summed E-state index contributed by atoms with van der Waals surface area (Å²) in [5.74, 6) is 0. The van der Waals surface area contributed by atoms with E-state index in [-0.39, 0.29) is 0 Å². The second-order valence-corrected chi connectivity index (χ2v) is 7.34. The zero-order valence-corrected chi connectivity index (χ0v) is 16.3. The van der Waals surface area contributed by atoms with Gasteiger partial charge in [-0.25, -0.2) is 0 Å². The number of quaternary nitrogens is 1.